The van der Waals surface area contributed by atoms with Crippen molar-refractivity contribution in [2.75, 3.05) is 11.1 Å². The highest BCUT2D eigenvalue weighted by atomic mass is 35.5. The maximum atomic E-state index is 12.4. The van der Waals surface area contributed by atoms with E-state index in [2.05, 4.69) is 20.6 Å². The third kappa shape index (κ3) is 8.17. The molecule has 4 aromatic rings. The molecule has 0 aliphatic rings. The summed E-state index contributed by atoms with van der Waals surface area (Å²) in [5, 5.41) is 19.2. The van der Waals surface area contributed by atoms with Crippen LogP contribution in [0.1, 0.15) is 69.3 Å². The van der Waals surface area contributed by atoms with E-state index in [-0.39, 0.29) is 11.5 Å². The maximum absolute atomic E-state index is 12.4. The van der Waals surface area contributed by atoms with Crippen LogP contribution in [0.3, 0.4) is 0 Å². The molecule has 2 heterocycles. The molecule has 212 valence electrons. The minimum absolute atomic E-state index is 0.0257. The van der Waals surface area contributed by atoms with Crippen molar-refractivity contribution in [1.29, 1.82) is 0 Å². The molecule has 2 aromatic heterocycles. The average Bonchev–Trinajstić information content (AvgIpc) is 3.30. The second-order valence-corrected chi connectivity index (χ2v) is 11.5. The Hall–Kier alpha value is -3.17. The van der Waals surface area contributed by atoms with Crippen LogP contribution in [0.5, 0.6) is 0 Å². The zero-order valence-electron chi connectivity index (χ0n) is 23.2. The van der Waals surface area contributed by atoms with Crippen molar-refractivity contribution in [3.8, 4) is 0 Å². The quantitative estimate of drug-likeness (QED) is 0.127. The van der Waals surface area contributed by atoms with Crippen LogP contribution in [0, 0.1) is 0 Å². The van der Waals surface area contributed by atoms with E-state index in [0.29, 0.717) is 28.9 Å². The molecule has 40 heavy (non-hydrogen) atoms. The first-order valence-electron chi connectivity index (χ1n) is 13.9. The molecule has 1 N–H and O–H groups in total. The van der Waals surface area contributed by atoms with Gasteiger partial charge in [-0.3, -0.25) is 9.59 Å². The molecule has 0 radical (unpaired) electrons. The van der Waals surface area contributed by atoms with Gasteiger partial charge in [0.1, 0.15) is 5.82 Å². The smallest absolute Gasteiger partial charge is 0.274 e. The number of hydrogen-bond acceptors (Lipinski definition) is 6. The first kappa shape index (κ1) is 29.8. The Balaban J connectivity index is 1.08. The molecule has 0 bridgehead atoms. The molecule has 8 nitrogen and oxygen atoms in total. The number of halogens is 1. The van der Waals surface area contributed by atoms with Gasteiger partial charge in [0, 0.05) is 31.7 Å². The number of rotatable bonds is 15. The number of carbonyl (C=O) groups is 1. The lowest BCUT2D eigenvalue weighted by Crippen LogP contribution is -2.21. The highest BCUT2D eigenvalue weighted by molar-refractivity contribution is 7.99. The van der Waals surface area contributed by atoms with E-state index in [1.165, 1.54) is 30.4 Å². The Kier molecular flexibility index (Phi) is 11.2. The van der Waals surface area contributed by atoms with Crippen molar-refractivity contribution in [3.63, 3.8) is 0 Å². The molecule has 4 rings (SSSR count). The van der Waals surface area contributed by atoms with Gasteiger partial charge in [-0.15, -0.1) is 10.2 Å². The van der Waals surface area contributed by atoms with Gasteiger partial charge in [-0.2, -0.15) is 5.10 Å². The number of hydrogen-bond donors (Lipinski definition) is 1. The Morgan fingerprint density at radius 2 is 1.52 bits per heavy atom. The summed E-state index contributed by atoms with van der Waals surface area (Å²) >= 11 is 7.82. The van der Waals surface area contributed by atoms with Gasteiger partial charge < -0.3 is 9.88 Å². The van der Waals surface area contributed by atoms with E-state index in [1.807, 2.05) is 54.1 Å². The molecular formula is C30H37ClN6O2S. The summed E-state index contributed by atoms with van der Waals surface area (Å²) < 4.78 is 3.42. The number of para-hydroxylation sites is 1. The van der Waals surface area contributed by atoms with Crippen LogP contribution >= 0.6 is 23.4 Å². The predicted octanol–water partition coefficient (Wildman–Crippen LogP) is 6.55. The number of amides is 1. The van der Waals surface area contributed by atoms with Gasteiger partial charge in [-0.1, -0.05) is 92.2 Å². The van der Waals surface area contributed by atoms with E-state index in [0.717, 1.165) is 53.5 Å². The summed E-state index contributed by atoms with van der Waals surface area (Å²) in [4.78, 5) is 24.5. The van der Waals surface area contributed by atoms with Gasteiger partial charge in [0.2, 0.25) is 5.91 Å². The second kappa shape index (κ2) is 15.0. The first-order valence-corrected chi connectivity index (χ1v) is 15.3. The average molecular weight is 581 g/mol. The van der Waals surface area contributed by atoms with Crippen LogP contribution in [-0.2, 0) is 25.3 Å². The number of fused-ring (bicyclic) bond motifs is 1. The number of anilines is 1. The third-order valence-corrected chi connectivity index (χ3v) is 8.40. The molecule has 0 spiro atoms. The fourth-order valence-corrected chi connectivity index (χ4v) is 5.78. The van der Waals surface area contributed by atoms with Crippen molar-refractivity contribution in [2.45, 2.75) is 69.4 Å². The Morgan fingerprint density at radius 3 is 2.27 bits per heavy atom. The van der Waals surface area contributed by atoms with Crippen LogP contribution in [0.15, 0.2) is 58.5 Å². The summed E-state index contributed by atoms with van der Waals surface area (Å²) in [6.45, 7) is 0. The number of unbranched alkanes of at least 4 members (excludes halogenated alkanes) is 7. The van der Waals surface area contributed by atoms with Crippen molar-refractivity contribution >= 4 is 45.7 Å². The van der Waals surface area contributed by atoms with Gasteiger partial charge in [-0.25, -0.2) is 4.68 Å². The largest absolute Gasteiger partial charge is 0.325 e. The molecule has 0 saturated heterocycles. The molecule has 0 saturated carbocycles. The van der Waals surface area contributed by atoms with Crippen LogP contribution in [0.25, 0.3) is 10.8 Å². The van der Waals surface area contributed by atoms with Crippen molar-refractivity contribution in [3.05, 3.63) is 75.4 Å². The molecule has 10 heteroatoms. The van der Waals surface area contributed by atoms with Crippen LogP contribution in [0.2, 0.25) is 5.02 Å². The molecular weight excluding hydrogens is 544 g/mol. The fraction of sp³-hybridized carbons (Fsp3) is 0.433. The number of aromatic nitrogens is 5. The summed E-state index contributed by atoms with van der Waals surface area (Å²) in [5.74, 6) is 1.87. The lowest BCUT2D eigenvalue weighted by atomic mass is 10.1. The van der Waals surface area contributed by atoms with E-state index < -0.39 is 0 Å². The minimum Gasteiger partial charge on any atom is -0.325 e. The molecule has 1 amide bonds. The number of carbonyl (C=O) groups excluding carboxylic acids is 1. The van der Waals surface area contributed by atoms with Gasteiger partial charge in [0.05, 0.1) is 28.2 Å². The van der Waals surface area contributed by atoms with Crippen molar-refractivity contribution in [2.24, 2.45) is 14.1 Å². The van der Waals surface area contributed by atoms with E-state index in [1.54, 1.807) is 24.9 Å². The normalized spacial score (nSPS) is 11.3. The molecule has 0 aliphatic heterocycles. The second-order valence-electron chi connectivity index (χ2n) is 10.0. The van der Waals surface area contributed by atoms with Crippen molar-refractivity contribution < 1.29 is 4.79 Å². The highest BCUT2D eigenvalue weighted by Crippen LogP contribution is 2.22. The lowest BCUT2D eigenvalue weighted by Gasteiger charge is -2.08. The van der Waals surface area contributed by atoms with Crippen LogP contribution in [0.4, 0.5) is 5.69 Å². The summed E-state index contributed by atoms with van der Waals surface area (Å²) in [6.07, 6.45) is 10.2. The van der Waals surface area contributed by atoms with Gasteiger partial charge in [0.25, 0.3) is 5.56 Å². The maximum Gasteiger partial charge on any atom is 0.274 e. The van der Waals surface area contributed by atoms with Crippen LogP contribution in [-0.4, -0.2) is 36.2 Å². The van der Waals surface area contributed by atoms with Crippen molar-refractivity contribution in [1.82, 2.24) is 24.5 Å². The molecule has 0 fully saturated rings. The highest BCUT2D eigenvalue weighted by Gasteiger charge is 2.14. The molecule has 0 aliphatic carbocycles. The number of benzene rings is 2. The number of nitrogens with zero attached hydrogens (tertiary/aromatic N) is 5. The standard InChI is InChI=1S/C30H37ClN6O2S/c1-36-27(21-26-22-15-10-11-16-23(22)29(39)37(2)35-26)33-34-30(36)40-20-14-8-6-4-3-5-7-9-19-28(38)32-25-18-13-12-17-24(25)31/h10-13,15-18H,3-9,14,19-21H2,1-2H3,(H,32,38). The van der Waals surface area contributed by atoms with E-state index in [9.17, 15) is 9.59 Å². The molecule has 2 aromatic carbocycles. The summed E-state index contributed by atoms with van der Waals surface area (Å²) in [7, 11) is 3.67. The van der Waals surface area contributed by atoms with E-state index >= 15 is 0 Å². The summed E-state index contributed by atoms with van der Waals surface area (Å²) in [5.41, 5.74) is 1.41. The number of aryl methyl sites for hydroxylation is 1. The predicted molar refractivity (Wildman–Crippen MR) is 163 cm³/mol. The first-order chi connectivity index (χ1) is 19.4. The summed E-state index contributed by atoms with van der Waals surface area (Å²) in [6, 6.07) is 14.9. The molecule has 0 atom stereocenters. The van der Waals surface area contributed by atoms with Gasteiger partial charge >= 0.3 is 0 Å². The SMILES string of the molecule is Cn1c(Cc2nn(C)c(=O)c3ccccc23)nnc1SCCCCCCCCCCC(=O)Nc1ccccc1Cl. The lowest BCUT2D eigenvalue weighted by molar-refractivity contribution is -0.116. The minimum atomic E-state index is -0.0942. The van der Waals surface area contributed by atoms with Gasteiger partial charge in [0.15, 0.2) is 5.16 Å². The van der Waals surface area contributed by atoms with Crippen LogP contribution < -0.4 is 10.9 Å². The molecule has 0 unspecified atom stereocenters. The monoisotopic (exact) mass is 580 g/mol. The number of nitrogens with one attached hydrogen (secondary N) is 1. The zero-order chi connectivity index (χ0) is 28.3. The van der Waals surface area contributed by atoms with Gasteiger partial charge in [-0.05, 0) is 31.0 Å². The number of thioether (sulfide) groups is 1. The van der Waals surface area contributed by atoms with E-state index in [4.69, 9.17) is 11.6 Å². The Bertz CT molecular complexity index is 1480. The fourth-order valence-electron chi connectivity index (χ4n) is 4.67. The third-order valence-electron chi connectivity index (χ3n) is 6.96. The zero-order valence-corrected chi connectivity index (χ0v) is 24.8. The Labute approximate surface area is 244 Å². The topological polar surface area (TPSA) is 94.7 Å². The Morgan fingerprint density at radius 1 is 0.875 bits per heavy atom.